The molecule has 0 aromatic carbocycles. The highest BCUT2D eigenvalue weighted by atomic mass is 16.2. The Kier molecular flexibility index (Phi) is 5.44. The van der Waals surface area contributed by atoms with Gasteiger partial charge in [0.25, 0.3) is 11.8 Å². The Morgan fingerprint density at radius 2 is 1.74 bits per heavy atom. The maximum Gasteiger partial charge on any atom is 0.317 e. The van der Waals surface area contributed by atoms with Gasteiger partial charge in [-0.15, -0.1) is 0 Å². The highest BCUT2D eigenvalue weighted by molar-refractivity contribution is 6.12. The second-order valence-corrected chi connectivity index (χ2v) is 7.42. The lowest BCUT2D eigenvalue weighted by Gasteiger charge is -2.46. The molecule has 0 saturated carbocycles. The minimum atomic E-state index is -0.227. The molecule has 1 saturated heterocycles. The first-order chi connectivity index (χ1) is 10.8. The van der Waals surface area contributed by atoms with Gasteiger partial charge in [-0.3, -0.25) is 14.5 Å². The number of hydrogen-bond donors (Lipinski definition) is 1. The van der Waals surface area contributed by atoms with Crippen molar-refractivity contribution >= 4 is 17.8 Å². The molecule has 4 amide bonds. The van der Waals surface area contributed by atoms with Crippen LogP contribution in [0.3, 0.4) is 0 Å². The fraction of sp³-hybridized carbons (Fsp3) is 0.706. The summed E-state index contributed by atoms with van der Waals surface area (Å²) < 4.78 is 0. The van der Waals surface area contributed by atoms with Crippen molar-refractivity contribution in [1.29, 1.82) is 0 Å². The summed E-state index contributed by atoms with van der Waals surface area (Å²) in [5.74, 6) is 0.126. The minimum absolute atomic E-state index is 0.0135. The molecule has 2 heterocycles. The van der Waals surface area contributed by atoms with Crippen molar-refractivity contribution in [2.45, 2.75) is 40.0 Å². The first-order valence-electron chi connectivity index (χ1n) is 8.35. The van der Waals surface area contributed by atoms with Crippen molar-refractivity contribution in [3.63, 3.8) is 0 Å². The van der Waals surface area contributed by atoms with E-state index in [-0.39, 0.29) is 23.3 Å². The van der Waals surface area contributed by atoms with Gasteiger partial charge in [-0.1, -0.05) is 20.8 Å². The average Bonchev–Trinajstić information content (AvgIpc) is 2.70. The first kappa shape index (κ1) is 17.5. The highest BCUT2D eigenvalue weighted by Gasteiger charge is 2.37. The van der Waals surface area contributed by atoms with Crippen LogP contribution in [0.15, 0.2) is 12.2 Å². The number of unbranched alkanes of at least 4 members (excludes halogenated alkanes) is 2. The van der Waals surface area contributed by atoms with Gasteiger partial charge in [0.1, 0.15) is 0 Å². The molecule has 0 radical (unpaired) electrons. The number of urea groups is 1. The number of imide groups is 1. The molecule has 0 unspecified atom stereocenters. The van der Waals surface area contributed by atoms with Crippen LogP contribution >= 0.6 is 0 Å². The number of carbonyl (C=O) groups is 3. The van der Waals surface area contributed by atoms with Gasteiger partial charge in [0, 0.05) is 38.3 Å². The Labute approximate surface area is 137 Å². The van der Waals surface area contributed by atoms with Crippen LogP contribution < -0.4 is 5.32 Å². The standard InChI is InChI=1S/C17H27N3O3/c1-17(2,3)13-11-19(12-13)16(23)18-9-5-4-6-10-20-14(21)7-8-15(20)22/h7-8,13H,4-6,9-12H2,1-3H3,(H,18,23). The smallest absolute Gasteiger partial charge is 0.317 e. The summed E-state index contributed by atoms with van der Waals surface area (Å²) >= 11 is 0. The molecule has 1 N–H and O–H groups in total. The summed E-state index contributed by atoms with van der Waals surface area (Å²) in [6.07, 6.45) is 5.11. The van der Waals surface area contributed by atoms with E-state index in [4.69, 9.17) is 0 Å². The molecule has 1 fully saturated rings. The zero-order valence-corrected chi connectivity index (χ0v) is 14.3. The maximum atomic E-state index is 11.9. The predicted molar refractivity (Wildman–Crippen MR) is 87.6 cm³/mol. The van der Waals surface area contributed by atoms with Crippen LogP contribution in [0.1, 0.15) is 40.0 Å². The second kappa shape index (κ2) is 7.15. The summed E-state index contributed by atoms with van der Waals surface area (Å²) in [4.78, 5) is 37.8. The molecule has 2 aliphatic rings. The monoisotopic (exact) mass is 321 g/mol. The number of nitrogens with one attached hydrogen (secondary N) is 1. The molecule has 0 aromatic rings. The van der Waals surface area contributed by atoms with Gasteiger partial charge < -0.3 is 10.2 Å². The van der Waals surface area contributed by atoms with Crippen LogP contribution in [0.5, 0.6) is 0 Å². The van der Waals surface area contributed by atoms with Crippen LogP contribution in [0.25, 0.3) is 0 Å². The molecule has 128 valence electrons. The molecule has 2 aliphatic heterocycles. The Bertz CT molecular complexity index is 484. The fourth-order valence-corrected chi connectivity index (χ4v) is 2.72. The minimum Gasteiger partial charge on any atom is -0.338 e. The number of hydrogen-bond acceptors (Lipinski definition) is 3. The molecule has 0 spiro atoms. The van der Waals surface area contributed by atoms with Crippen molar-refractivity contribution in [2.75, 3.05) is 26.2 Å². The van der Waals surface area contributed by atoms with Crippen LogP contribution in [-0.2, 0) is 9.59 Å². The molecule has 6 nitrogen and oxygen atoms in total. The van der Waals surface area contributed by atoms with Gasteiger partial charge in [0.15, 0.2) is 0 Å². The number of likely N-dealkylation sites (tertiary alicyclic amines) is 1. The average molecular weight is 321 g/mol. The number of nitrogens with zero attached hydrogens (tertiary/aromatic N) is 2. The zero-order chi connectivity index (χ0) is 17.0. The summed E-state index contributed by atoms with van der Waals surface area (Å²) in [5, 5.41) is 2.93. The SMILES string of the molecule is CC(C)(C)C1CN(C(=O)NCCCCCN2C(=O)C=CC2=O)C1. The quantitative estimate of drug-likeness (QED) is 0.599. The van der Waals surface area contributed by atoms with Gasteiger partial charge in [-0.2, -0.15) is 0 Å². The van der Waals surface area contributed by atoms with E-state index in [0.29, 0.717) is 19.0 Å². The molecule has 2 rings (SSSR count). The third kappa shape index (κ3) is 4.56. The van der Waals surface area contributed by atoms with E-state index in [2.05, 4.69) is 26.1 Å². The lowest BCUT2D eigenvalue weighted by molar-refractivity contribution is -0.136. The predicted octanol–water partition coefficient (Wildman–Crippen LogP) is 1.77. The second-order valence-electron chi connectivity index (χ2n) is 7.42. The Hall–Kier alpha value is -1.85. The topological polar surface area (TPSA) is 69.7 Å². The lowest BCUT2D eigenvalue weighted by Crippen LogP contribution is -2.57. The Morgan fingerprint density at radius 3 is 2.30 bits per heavy atom. The summed E-state index contributed by atoms with van der Waals surface area (Å²) in [6, 6.07) is 0.0135. The number of carbonyl (C=O) groups excluding carboxylic acids is 3. The summed E-state index contributed by atoms with van der Waals surface area (Å²) in [7, 11) is 0. The summed E-state index contributed by atoms with van der Waals surface area (Å²) in [6.45, 7) is 9.38. The van der Waals surface area contributed by atoms with Crippen LogP contribution in [0.4, 0.5) is 4.79 Å². The third-order valence-corrected chi connectivity index (χ3v) is 4.63. The van der Waals surface area contributed by atoms with Gasteiger partial charge in [-0.05, 0) is 30.6 Å². The molecular formula is C17H27N3O3. The van der Waals surface area contributed by atoms with Crippen molar-refractivity contribution in [1.82, 2.24) is 15.1 Å². The first-order valence-corrected chi connectivity index (χ1v) is 8.35. The number of amides is 4. The van der Waals surface area contributed by atoms with Crippen molar-refractivity contribution < 1.29 is 14.4 Å². The van der Waals surface area contributed by atoms with Gasteiger partial charge >= 0.3 is 6.03 Å². The van der Waals surface area contributed by atoms with Crippen molar-refractivity contribution in [3.05, 3.63) is 12.2 Å². The third-order valence-electron chi connectivity index (χ3n) is 4.63. The van der Waals surface area contributed by atoms with Gasteiger partial charge in [-0.25, -0.2) is 4.79 Å². The van der Waals surface area contributed by atoms with Gasteiger partial charge in [0.2, 0.25) is 0 Å². The van der Waals surface area contributed by atoms with E-state index in [1.165, 1.54) is 17.1 Å². The summed E-state index contributed by atoms with van der Waals surface area (Å²) in [5.41, 5.74) is 0.260. The van der Waals surface area contributed by atoms with E-state index < -0.39 is 0 Å². The molecule has 0 aromatic heterocycles. The molecular weight excluding hydrogens is 294 g/mol. The Balaban J connectivity index is 1.51. The Morgan fingerprint density at radius 1 is 1.13 bits per heavy atom. The number of rotatable bonds is 6. The van der Waals surface area contributed by atoms with E-state index in [1.54, 1.807) is 0 Å². The molecule has 0 aliphatic carbocycles. The van der Waals surface area contributed by atoms with Gasteiger partial charge in [0.05, 0.1) is 0 Å². The van der Waals surface area contributed by atoms with Crippen molar-refractivity contribution in [3.8, 4) is 0 Å². The van der Waals surface area contributed by atoms with Crippen LogP contribution in [-0.4, -0.2) is 53.8 Å². The normalized spacial score (nSPS) is 18.6. The van der Waals surface area contributed by atoms with Crippen molar-refractivity contribution in [2.24, 2.45) is 11.3 Å². The fourth-order valence-electron chi connectivity index (χ4n) is 2.72. The molecule has 0 atom stereocenters. The van der Waals surface area contributed by atoms with E-state index in [1.807, 2.05) is 4.90 Å². The molecule has 23 heavy (non-hydrogen) atoms. The van der Waals surface area contributed by atoms with E-state index in [9.17, 15) is 14.4 Å². The zero-order valence-electron chi connectivity index (χ0n) is 14.3. The highest BCUT2D eigenvalue weighted by Crippen LogP contribution is 2.33. The van der Waals surface area contributed by atoms with Crippen LogP contribution in [0.2, 0.25) is 0 Å². The largest absolute Gasteiger partial charge is 0.338 e. The molecule has 0 bridgehead atoms. The molecule has 6 heteroatoms. The maximum absolute atomic E-state index is 11.9. The lowest BCUT2D eigenvalue weighted by atomic mass is 9.76. The van der Waals surface area contributed by atoms with Crippen LogP contribution in [0, 0.1) is 11.3 Å². The van der Waals surface area contributed by atoms with E-state index in [0.717, 1.165) is 32.4 Å². The van der Waals surface area contributed by atoms with E-state index >= 15 is 0 Å².